The Labute approximate surface area is 208 Å². The van der Waals surface area contributed by atoms with Crippen LogP contribution < -0.4 is 15.6 Å². The minimum Gasteiger partial charge on any atom is -0.455 e. The molecular formula is C25H26N8O3. The van der Waals surface area contributed by atoms with Gasteiger partial charge in [-0.1, -0.05) is 30.3 Å². The van der Waals surface area contributed by atoms with Gasteiger partial charge in [-0.15, -0.1) is 0 Å². The van der Waals surface area contributed by atoms with Crippen molar-refractivity contribution in [2.24, 2.45) is 5.10 Å². The van der Waals surface area contributed by atoms with Crippen molar-refractivity contribution in [3.63, 3.8) is 0 Å². The first-order valence-electron chi connectivity index (χ1n) is 11.2. The van der Waals surface area contributed by atoms with Crippen molar-refractivity contribution in [3.8, 4) is 11.3 Å². The van der Waals surface area contributed by atoms with Crippen LogP contribution in [0.4, 0.5) is 23.5 Å². The summed E-state index contributed by atoms with van der Waals surface area (Å²) < 4.78 is 5.87. The van der Waals surface area contributed by atoms with E-state index in [-0.39, 0.29) is 16.6 Å². The van der Waals surface area contributed by atoms with Crippen LogP contribution in [-0.4, -0.2) is 40.2 Å². The van der Waals surface area contributed by atoms with Gasteiger partial charge in [0.15, 0.2) is 0 Å². The van der Waals surface area contributed by atoms with Crippen molar-refractivity contribution in [1.29, 1.82) is 0 Å². The molecule has 0 aliphatic heterocycles. The van der Waals surface area contributed by atoms with Crippen molar-refractivity contribution in [3.05, 3.63) is 87.2 Å². The van der Waals surface area contributed by atoms with E-state index in [4.69, 9.17) is 4.42 Å². The molecular weight excluding hydrogens is 460 g/mol. The number of aromatic nitrogens is 3. The average molecular weight is 487 g/mol. The highest BCUT2D eigenvalue weighted by molar-refractivity contribution is 5.79. The summed E-state index contributed by atoms with van der Waals surface area (Å²) in [6.45, 7) is 4.08. The van der Waals surface area contributed by atoms with Gasteiger partial charge in [0, 0.05) is 37.8 Å². The molecule has 0 spiro atoms. The van der Waals surface area contributed by atoms with Gasteiger partial charge in [-0.25, -0.2) is 5.43 Å². The summed E-state index contributed by atoms with van der Waals surface area (Å²) in [4.78, 5) is 25.9. The summed E-state index contributed by atoms with van der Waals surface area (Å²) in [7, 11) is 3.68. The smallest absolute Gasteiger partial charge is 0.273 e. The molecule has 184 valence electrons. The Morgan fingerprint density at radius 1 is 1.06 bits per heavy atom. The molecule has 0 fully saturated rings. The molecule has 2 heterocycles. The van der Waals surface area contributed by atoms with E-state index in [1.165, 1.54) is 6.21 Å². The van der Waals surface area contributed by atoms with E-state index in [1.807, 2.05) is 57.4 Å². The number of nitrogens with zero attached hydrogens (tertiary/aromatic N) is 6. The average Bonchev–Trinajstić information content (AvgIpc) is 3.33. The zero-order valence-corrected chi connectivity index (χ0v) is 20.4. The van der Waals surface area contributed by atoms with E-state index in [0.717, 1.165) is 11.1 Å². The third-order valence-electron chi connectivity index (χ3n) is 5.29. The number of anilines is 3. The number of nitrogens with one attached hydrogen (secondary N) is 2. The summed E-state index contributed by atoms with van der Waals surface area (Å²) in [6.07, 6.45) is 1.49. The second-order valence-electron chi connectivity index (χ2n) is 8.30. The van der Waals surface area contributed by atoms with Gasteiger partial charge < -0.3 is 14.6 Å². The highest BCUT2D eigenvalue weighted by atomic mass is 16.6. The number of nitro benzene ring substituents is 1. The second-order valence-corrected chi connectivity index (χ2v) is 8.30. The van der Waals surface area contributed by atoms with Crippen molar-refractivity contribution in [2.75, 3.05) is 29.7 Å². The molecule has 0 atom stereocenters. The Balaban J connectivity index is 1.49. The lowest BCUT2D eigenvalue weighted by atomic mass is 10.0. The molecule has 0 unspecified atom stereocenters. The van der Waals surface area contributed by atoms with Crippen molar-refractivity contribution < 1.29 is 9.34 Å². The van der Waals surface area contributed by atoms with E-state index < -0.39 is 0 Å². The standard InChI is InChI=1S/C25H26N8O3/c1-16-12-20(17(2)21(13-16)33(34)35)22-11-10-19(36-22)15-27-31-24-28-23(29-25(30-24)32(3)4)26-14-18-8-6-5-7-9-18/h5-13,15H,14H2,1-4H3,(H2,26,28,29,30,31)/b27-15-. The Bertz CT molecular complexity index is 1400. The molecule has 0 radical (unpaired) electrons. The second kappa shape index (κ2) is 10.6. The van der Waals surface area contributed by atoms with E-state index in [0.29, 0.717) is 41.1 Å². The zero-order chi connectivity index (χ0) is 25.7. The van der Waals surface area contributed by atoms with Gasteiger partial charge in [-0.05, 0) is 43.2 Å². The Kier molecular flexibility index (Phi) is 7.19. The van der Waals surface area contributed by atoms with E-state index in [1.54, 1.807) is 30.0 Å². The van der Waals surface area contributed by atoms with Gasteiger partial charge >= 0.3 is 0 Å². The maximum Gasteiger partial charge on any atom is 0.273 e. The zero-order valence-electron chi connectivity index (χ0n) is 20.4. The number of furan rings is 1. The van der Waals surface area contributed by atoms with Crippen LogP contribution in [0, 0.1) is 24.0 Å². The first-order valence-corrected chi connectivity index (χ1v) is 11.2. The normalized spacial score (nSPS) is 11.0. The van der Waals surface area contributed by atoms with Gasteiger partial charge in [0.2, 0.25) is 17.8 Å². The molecule has 0 aliphatic carbocycles. The van der Waals surface area contributed by atoms with Crippen molar-refractivity contribution >= 4 is 29.7 Å². The molecule has 2 aromatic heterocycles. The number of hydrogen-bond donors (Lipinski definition) is 2. The largest absolute Gasteiger partial charge is 0.455 e. The third-order valence-corrected chi connectivity index (χ3v) is 5.29. The van der Waals surface area contributed by atoms with E-state index in [9.17, 15) is 10.1 Å². The summed E-state index contributed by atoms with van der Waals surface area (Å²) in [5.74, 6) is 2.12. The summed E-state index contributed by atoms with van der Waals surface area (Å²) in [6, 6.07) is 16.8. The van der Waals surface area contributed by atoms with Gasteiger partial charge in [0.05, 0.1) is 11.1 Å². The van der Waals surface area contributed by atoms with Crippen LogP contribution in [0.1, 0.15) is 22.5 Å². The van der Waals surface area contributed by atoms with Gasteiger partial charge in [0.25, 0.3) is 5.69 Å². The Morgan fingerprint density at radius 2 is 1.81 bits per heavy atom. The molecule has 0 saturated carbocycles. The van der Waals surface area contributed by atoms with Crippen LogP contribution >= 0.6 is 0 Å². The molecule has 2 aromatic carbocycles. The molecule has 0 bridgehead atoms. The van der Waals surface area contributed by atoms with Gasteiger partial charge in [-0.2, -0.15) is 20.1 Å². The summed E-state index contributed by atoms with van der Waals surface area (Å²) >= 11 is 0. The van der Waals surface area contributed by atoms with Crippen LogP contribution in [0.5, 0.6) is 0 Å². The van der Waals surface area contributed by atoms with Crippen molar-refractivity contribution in [1.82, 2.24) is 15.0 Å². The molecule has 4 rings (SSSR count). The lowest BCUT2D eigenvalue weighted by molar-refractivity contribution is -0.385. The van der Waals surface area contributed by atoms with Crippen LogP contribution in [-0.2, 0) is 6.54 Å². The SMILES string of the molecule is Cc1cc(-c2ccc(/C=N\Nc3nc(NCc4ccccc4)nc(N(C)C)n3)o2)c(C)c([N+](=O)[O-])c1. The van der Waals surface area contributed by atoms with Gasteiger partial charge in [0.1, 0.15) is 11.5 Å². The number of hydrazone groups is 1. The fourth-order valence-electron chi connectivity index (χ4n) is 3.48. The number of aryl methyl sites for hydroxylation is 1. The van der Waals surface area contributed by atoms with Crippen LogP contribution in [0.15, 0.2) is 64.1 Å². The monoisotopic (exact) mass is 486 g/mol. The maximum absolute atomic E-state index is 11.4. The number of rotatable bonds is 9. The Hall–Kier alpha value is -4.80. The molecule has 0 amide bonds. The maximum atomic E-state index is 11.4. The summed E-state index contributed by atoms with van der Waals surface area (Å²) in [5.41, 5.74) is 5.95. The van der Waals surface area contributed by atoms with Crippen LogP contribution in [0.25, 0.3) is 11.3 Å². The number of hydrogen-bond acceptors (Lipinski definition) is 10. The fourth-order valence-corrected chi connectivity index (χ4v) is 3.48. The Morgan fingerprint density at radius 3 is 2.53 bits per heavy atom. The first kappa shape index (κ1) is 24.3. The molecule has 11 nitrogen and oxygen atoms in total. The molecule has 0 saturated heterocycles. The molecule has 4 aromatic rings. The highest BCUT2D eigenvalue weighted by Gasteiger charge is 2.18. The van der Waals surface area contributed by atoms with Crippen LogP contribution in [0.2, 0.25) is 0 Å². The highest BCUT2D eigenvalue weighted by Crippen LogP contribution is 2.32. The molecule has 11 heteroatoms. The van der Waals surface area contributed by atoms with Crippen LogP contribution in [0.3, 0.4) is 0 Å². The third kappa shape index (κ3) is 5.81. The minimum atomic E-state index is -0.388. The quantitative estimate of drug-likeness (QED) is 0.195. The first-order chi connectivity index (χ1) is 17.3. The van der Waals surface area contributed by atoms with E-state index >= 15 is 0 Å². The molecule has 36 heavy (non-hydrogen) atoms. The predicted molar refractivity (Wildman–Crippen MR) is 139 cm³/mol. The van der Waals surface area contributed by atoms with Gasteiger partial charge in [-0.3, -0.25) is 10.1 Å². The minimum absolute atomic E-state index is 0.0569. The molecule has 0 aliphatic rings. The topological polar surface area (TPSA) is 135 Å². The fraction of sp³-hybridized carbons (Fsp3) is 0.200. The lowest BCUT2D eigenvalue weighted by Crippen LogP contribution is -2.16. The number of benzene rings is 2. The molecule has 2 N–H and O–H groups in total. The van der Waals surface area contributed by atoms with E-state index in [2.05, 4.69) is 30.8 Å². The summed E-state index contributed by atoms with van der Waals surface area (Å²) in [5, 5.41) is 18.8. The predicted octanol–water partition coefficient (Wildman–Crippen LogP) is 4.78. The lowest BCUT2D eigenvalue weighted by Gasteiger charge is -2.13. The van der Waals surface area contributed by atoms with Crippen molar-refractivity contribution in [2.45, 2.75) is 20.4 Å². The number of nitro groups is 1.